The lowest BCUT2D eigenvalue weighted by molar-refractivity contribution is 0.0593. The van der Waals surface area contributed by atoms with Crippen LogP contribution >= 0.6 is 0 Å². The average Bonchev–Trinajstić information content (AvgIpc) is 2.68. The first kappa shape index (κ1) is 17.4. The number of piperidine rings is 1. The minimum absolute atomic E-state index is 0.222. The fraction of sp³-hybridized carbons (Fsp3) is 0.421. The number of nitrogens with one attached hydrogen (secondary N) is 1. The maximum Gasteiger partial charge on any atom is 0.358 e. The van der Waals surface area contributed by atoms with E-state index in [1.54, 1.807) is 12.1 Å². The number of methoxy groups -OCH3 is 1. The van der Waals surface area contributed by atoms with Crippen molar-refractivity contribution in [2.75, 3.05) is 25.5 Å². The number of esters is 1. The van der Waals surface area contributed by atoms with Gasteiger partial charge in [-0.15, -0.1) is 10.2 Å². The maximum atomic E-state index is 11.4. The number of rotatable bonds is 5. The Hall–Kier alpha value is -2.47. The number of hydrogen-bond donors (Lipinski definition) is 1. The van der Waals surface area contributed by atoms with Crippen LogP contribution in [0.4, 0.5) is 5.82 Å². The number of carbonyl (C=O) groups excluding carboxylic acids is 1. The summed E-state index contributed by atoms with van der Waals surface area (Å²) in [6, 6.07) is 14.8. The van der Waals surface area contributed by atoms with E-state index in [1.807, 2.05) is 0 Å². The summed E-state index contributed by atoms with van der Waals surface area (Å²) in [4.78, 5) is 13.9. The van der Waals surface area contributed by atoms with Gasteiger partial charge in [0.1, 0.15) is 5.82 Å². The second kappa shape index (κ2) is 8.07. The molecule has 1 fully saturated rings. The number of likely N-dealkylation sites (tertiary alicyclic amines) is 1. The van der Waals surface area contributed by atoms with Gasteiger partial charge in [0.05, 0.1) is 7.11 Å². The van der Waals surface area contributed by atoms with Gasteiger partial charge in [-0.2, -0.15) is 0 Å². The molecule has 1 aliphatic rings. The highest BCUT2D eigenvalue weighted by molar-refractivity contribution is 5.86. The first-order valence-corrected chi connectivity index (χ1v) is 8.65. The van der Waals surface area contributed by atoms with Crippen molar-refractivity contribution in [1.29, 1.82) is 0 Å². The molecule has 25 heavy (non-hydrogen) atoms. The number of anilines is 1. The molecule has 0 radical (unpaired) electrons. The van der Waals surface area contributed by atoms with Crippen molar-refractivity contribution in [3.63, 3.8) is 0 Å². The van der Waals surface area contributed by atoms with E-state index >= 15 is 0 Å². The third kappa shape index (κ3) is 4.33. The van der Waals surface area contributed by atoms with Crippen LogP contribution in [0.2, 0.25) is 0 Å². The molecule has 6 heteroatoms. The molecule has 1 aliphatic heterocycles. The van der Waals surface area contributed by atoms with Gasteiger partial charge in [0.2, 0.25) is 0 Å². The molecule has 0 spiro atoms. The van der Waals surface area contributed by atoms with Gasteiger partial charge in [0.25, 0.3) is 0 Å². The van der Waals surface area contributed by atoms with Crippen LogP contribution in [-0.2, 0) is 4.74 Å². The monoisotopic (exact) mass is 340 g/mol. The van der Waals surface area contributed by atoms with E-state index in [0.29, 0.717) is 17.9 Å². The molecule has 6 nitrogen and oxygen atoms in total. The SMILES string of the molecule is COC(=O)c1ccc(NC2CCN([C@H](C)c3ccccc3)CC2)nn1. The third-order valence-corrected chi connectivity index (χ3v) is 4.77. The minimum Gasteiger partial charge on any atom is -0.464 e. The standard InChI is InChI=1S/C19H24N4O2/c1-14(15-6-4-3-5-7-15)23-12-10-16(11-13-23)20-18-9-8-17(21-22-18)19(24)25-2/h3-9,14,16H,10-13H2,1-2H3,(H,20,22)/t14-/m1/s1. The molecule has 132 valence electrons. The molecular formula is C19H24N4O2. The largest absolute Gasteiger partial charge is 0.464 e. The zero-order valence-corrected chi connectivity index (χ0v) is 14.7. The predicted molar refractivity (Wildman–Crippen MR) is 96.4 cm³/mol. The number of hydrogen-bond acceptors (Lipinski definition) is 6. The molecule has 1 N–H and O–H groups in total. The lowest BCUT2D eigenvalue weighted by Crippen LogP contribution is -2.40. The van der Waals surface area contributed by atoms with E-state index in [2.05, 4.69) is 62.4 Å². The van der Waals surface area contributed by atoms with Gasteiger partial charge in [-0.25, -0.2) is 4.79 Å². The quantitative estimate of drug-likeness (QED) is 0.844. The van der Waals surface area contributed by atoms with Crippen LogP contribution in [0.25, 0.3) is 0 Å². The van der Waals surface area contributed by atoms with E-state index in [-0.39, 0.29) is 5.69 Å². The Morgan fingerprint density at radius 2 is 1.88 bits per heavy atom. The van der Waals surface area contributed by atoms with Gasteiger partial charge < -0.3 is 10.1 Å². The van der Waals surface area contributed by atoms with Crippen molar-refractivity contribution in [3.05, 3.63) is 53.7 Å². The Morgan fingerprint density at radius 3 is 2.48 bits per heavy atom. The molecule has 1 saturated heterocycles. The topological polar surface area (TPSA) is 67.3 Å². The van der Waals surface area contributed by atoms with Crippen molar-refractivity contribution in [1.82, 2.24) is 15.1 Å². The summed E-state index contributed by atoms with van der Waals surface area (Å²) in [6.45, 7) is 4.35. The van der Waals surface area contributed by atoms with Gasteiger partial charge in [-0.05, 0) is 37.5 Å². The van der Waals surface area contributed by atoms with E-state index in [4.69, 9.17) is 0 Å². The van der Waals surface area contributed by atoms with Crippen molar-refractivity contribution in [2.24, 2.45) is 0 Å². The Morgan fingerprint density at radius 1 is 1.16 bits per heavy atom. The zero-order chi connectivity index (χ0) is 17.6. The number of carbonyl (C=O) groups is 1. The summed E-state index contributed by atoms with van der Waals surface area (Å²) >= 11 is 0. The fourth-order valence-corrected chi connectivity index (χ4v) is 3.21. The van der Waals surface area contributed by atoms with Gasteiger partial charge in [0.15, 0.2) is 5.69 Å². The number of aromatic nitrogens is 2. The molecule has 0 unspecified atom stereocenters. The summed E-state index contributed by atoms with van der Waals surface area (Å²) in [5.74, 6) is 0.226. The molecule has 0 amide bonds. The Bertz CT molecular complexity index is 682. The van der Waals surface area contributed by atoms with Crippen LogP contribution in [-0.4, -0.2) is 47.3 Å². The maximum absolute atomic E-state index is 11.4. The predicted octanol–water partition coefficient (Wildman–Crippen LogP) is 2.90. The van der Waals surface area contributed by atoms with E-state index < -0.39 is 5.97 Å². The second-order valence-electron chi connectivity index (χ2n) is 6.34. The van der Waals surface area contributed by atoms with Crippen LogP contribution in [0, 0.1) is 0 Å². The van der Waals surface area contributed by atoms with Crippen LogP contribution in [0.15, 0.2) is 42.5 Å². The smallest absolute Gasteiger partial charge is 0.358 e. The van der Waals surface area contributed by atoms with Gasteiger partial charge in [-0.1, -0.05) is 30.3 Å². The highest BCUT2D eigenvalue weighted by Gasteiger charge is 2.23. The summed E-state index contributed by atoms with van der Waals surface area (Å²) in [5, 5.41) is 11.4. The molecule has 0 bridgehead atoms. The molecule has 1 aromatic heterocycles. The number of benzene rings is 1. The molecule has 1 atom stereocenters. The summed E-state index contributed by atoms with van der Waals surface area (Å²) in [6.07, 6.45) is 2.11. The van der Waals surface area contributed by atoms with Crippen molar-refractivity contribution in [3.8, 4) is 0 Å². The summed E-state index contributed by atoms with van der Waals surface area (Å²) in [5.41, 5.74) is 1.58. The van der Waals surface area contributed by atoms with Gasteiger partial charge in [0, 0.05) is 25.2 Å². The van der Waals surface area contributed by atoms with Crippen molar-refractivity contribution >= 4 is 11.8 Å². The normalized spacial score (nSPS) is 17.0. The summed E-state index contributed by atoms with van der Waals surface area (Å²) < 4.78 is 4.63. The first-order chi connectivity index (χ1) is 12.2. The Kier molecular flexibility index (Phi) is 5.60. The second-order valence-corrected chi connectivity index (χ2v) is 6.34. The lowest BCUT2D eigenvalue weighted by atomic mass is 10.0. The van der Waals surface area contributed by atoms with E-state index in [1.165, 1.54) is 12.7 Å². The highest BCUT2D eigenvalue weighted by atomic mass is 16.5. The third-order valence-electron chi connectivity index (χ3n) is 4.77. The minimum atomic E-state index is -0.470. The van der Waals surface area contributed by atoms with Crippen LogP contribution < -0.4 is 5.32 Å². The molecule has 0 saturated carbocycles. The van der Waals surface area contributed by atoms with Crippen molar-refractivity contribution in [2.45, 2.75) is 31.8 Å². The van der Waals surface area contributed by atoms with Crippen LogP contribution in [0.3, 0.4) is 0 Å². The molecule has 0 aliphatic carbocycles. The van der Waals surface area contributed by atoms with E-state index in [0.717, 1.165) is 25.9 Å². The zero-order valence-electron chi connectivity index (χ0n) is 14.7. The van der Waals surface area contributed by atoms with E-state index in [9.17, 15) is 4.79 Å². The van der Waals surface area contributed by atoms with Crippen molar-refractivity contribution < 1.29 is 9.53 Å². The molecule has 1 aromatic carbocycles. The van der Waals surface area contributed by atoms with Crippen LogP contribution in [0.1, 0.15) is 41.9 Å². The average molecular weight is 340 g/mol. The molecular weight excluding hydrogens is 316 g/mol. The first-order valence-electron chi connectivity index (χ1n) is 8.65. The fourth-order valence-electron chi connectivity index (χ4n) is 3.21. The van der Waals surface area contributed by atoms with Crippen LogP contribution in [0.5, 0.6) is 0 Å². The number of ether oxygens (including phenoxy) is 1. The molecule has 2 aromatic rings. The Balaban J connectivity index is 1.52. The molecule has 2 heterocycles. The van der Waals surface area contributed by atoms with Gasteiger partial charge in [-0.3, -0.25) is 4.90 Å². The van der Waals surface area contributed by atoms with Gasteiger partial charge >= 0.3 is 5.97 Å². The number of nitrogens with zero attached hydrogens (tertiary/aromatic N) is 3. The highest BCUT2D eigenvalue weighted by Crippen LogP contribution is 2.25. The molecule has 3 rings (SSSR count). The lowest BCUT2D eigenvalue weighted by Gasteiger charge is -2.36. The summed E-state index contributed by atoms with van der Waals surface area (Å²) in [7, 11) is 1.33. The Labute approximate surface area is 148 Å².